The number of benzene rings is 1. The van der Waals surface area contributed by atoms with Gasteiger partial charge < -0.3 is 10.6 Å². The van der Waals surface area contributed by atoms with Crippen molar-refractivity contribution in [2.45, 2.75) is 0 Å². The van der Waals surface area contributed by atoms with Gasteiger partial charge in [-0.05, 0) is 0 Å². The van der Waals surface area contributed by atoms with Gasteiger partial charge in [-0.3, -0.25) is 30.3 Å². The first-order chi connectivity index (χ1) is 11.2. The highest BCUT2D eigenvalue weighted by Gasteiger charge is 2.33. The van der Waals surface area contributed by atoms with Crippen LogP contribution in [0.2, 0.25) is 0 Å². The first-order valence-corrected chi connectivity index (χ1v) is 5.85. The van der Waals surface area contributed by atoms with Crippen molar-refractivity contribution in [3.05, 3.63) is 65.2 Å². The lowest BCUT2D eigenvalue weighted by Gasteiger charge is -2.09. The fourth-order valence-corrected chi connectivity index (χ4v) is 1.65. The summed E-state index contributed by atoms with van der Waals surface area (Å²) in [6, 6.07) is 2.02. The number of non-ortho nitro benzene ring substituents is 1. The number of hydrogen-bond acceptors (Lipinski definition) is 10. The van der Waals surface area contributed by atoms with Crippen LogP contribution in [0.25, 0.3) is 0 Å². The van der Waals surface area contributed by atoms with Crippen molar-refractivity contribution in [2.75, 3.05) is 5.73 Å². The van der Waals surface area contributed by atoms with Gasteiger partial charge in [0.05, 0.1) is 26.9 Å². The van der Waals surface area contributed by atoms with Gasteiger partial charge in [0.15, 0.2) is 0 Å². The molecule has 2 rings (SSSR count). The van der Waals surface area contributed by atoms with Gasteiger partial charge in [-0.1, -0.05) is 0 Å². The number of anilines is 1. The molecule has 0 spiro atoms. The minimum Gasteiger partial charge on any atom is -0.382 e. The van der Waals surface area contributed by atoms with E-state index in [1.54, 1.807) is 0 Å². The highest BCUT2D eigenvalue weighted by Crippen LogP contribution is 2.40. The molecule has 24 heavy (non-hydrogen) atoms. The smallest absolute Gasteiger partial charge is 0.382 e. The van der Waals surface area contributed by atoms with Crippen molar-refractivity contribution in [2.24, 2.45) is 0 Å². The van der Waals surface area contributed by atoms with Crippen molar-refractivity contribution in [1.29, 1.82) is 0 Å². The van der Waals surface area contributed by atoms with E-state index in [1.807, 2.05) is 0 Å². The largest absolute Gasteiger partial charge is 0.382 e. The van der Waals surface area contributed by atoms with Crippen molar-refractivity contribution in [3.8, 4) is 5.75 Å². The zero-order chi connectivity index (χ0) is 18.0. The van der Waals surface area contributed by atoms with Crippen molar-refractivity contribution >= 4 is 22.9 Å². The summed E-state index contributed by atoms with van der Waals surface area (Å²) in [5, 5.41) is 32.9. The van der Waals surface area contributed by atoms with E-state index in [9.17, 15) is 35.1 Å². The van der Waals surface area contributed by atoms with Gasteiger partial charge in [0.25, 0.3) is 5.69 Å². The van der Waals surface area contributed by atoms with Crippen LogP contribution in [0.15, 0.2) is 29.2 Å². The fraction of sp³-hybridized carbons (Fsp3) is 0. The maximum absolute atomic E-state index is 11.6. The Morgan fingerprint density at radius 2 is 1.58 bits per heavy atom. The van der Waals surface area contributed by atoms with Gasteiger partial charge in [0.1, 0.15) is 5.82 Å². The lowest BCUT2D eigenvalue weighted by Crippen LogP contribution is -2.28. The van der Waals surface area contributed by atoms with Crippen molar-refractivity contribution in [1.82, 2.24) is 9.71 Å². The van der Waals surface area contributed by atoms with Crippen LogP contribution in [0.3, 0.4) is 0 Å². The van der Waals surface area contributed by atoms with E-state index in [0.717, 1.165) is 12.3 Å². The van der Waals surface area contributed by atoms with E-state index >= 15 is 0 Å². The number of nitrogen functional groups attached to an aromatic ring is 1. The molecule has 1 aromatic heterocycles. The third-order valence-electron chi connectivity index (χ3n) is 2.66. The molecule has 2 aromatic rings. The Morgan fingerprint density at radius 3 is 2.00 bits per heavy atom. The minimum atomic E-state index is -1.13. The van der Waals surface area contributed by atoms with Crippen LogP contribution in [-0.4, -0.2) is 24.5 Å². The van der Waals surface area contributed by atoms with Crippen LogP contribution >= 0.6 is 0 Å². The maximum atomic E-state index is 11.6. The Hall–Kier alpha value is -4.10. The van der Waals surface area contributed by atoms with Crippen LogP contribution in [0.4, 0.5) is 22.9 Å². The van der Waals surface area contributed by atoms with Gasteiger partial charge in [0.2, 0.25) is 0 Å². The third-order valence-corrected chi connectivity index (χ3v) is 2.66. The van der Waals surface area contributed by atoms with Crippen LogP contribution in [-0.2, 0) is 0 Å². The highest BCUT2D eigenvalue weighted by molar-refractivity contribution is 5.65. The molecule has 0 radical (unpaired) electrons. The van der Waals surface area contributed by atoms with Gasteiger partial charge in [0, 0.05) is 12.3 Å². The molecule has 2 N–H and O–H groups in total. The van der Waals surface area contributed by atoms with Crippen LogP contribution in [0.1, 0.15) is 0 Å². The number of rotatable bonds is 5. The van der Waals surface area contributed by atoms with Gasteiger partial charge >= 0.3 is 22.8 Å². The first-order valence-electron chi connectivity index (χ1n) is 5.85. The summed E-state index contributed by atoms with van der Waals surface area (Å²) < 4.78 is 0.279. The number of aromatic nitrogens is 2. The van der Waals surface area contributed by atoms with Crippen LogP contribution in [0.5, 0.6) is 5.75 Å². The monoisotopic (exact) mass is 338 g/mol. The predicted octanol–water partition coefficient (Wildman–Crippen LogP) is 0.392. The SMILES string of the molecule is Nc1ccnc(=O)n1Oc1c([N+](=O)[O-])cc([N+](=O)[O-])cc1[N+](=O)[O-]. The third kappa shape index (κ3) is 2.91. The lowest BCUT2D eigenvalue weighted by molar-refractivity contribution is -0.404. The summed E-state index contributed by atoms with van der Waals surface area (Å²) >= 11 is 0. The summed E-state index contributed by atoms with van der Waals surface area (Å²) in [6.45, 7) is 0. The maximum Gasteiger partial charge on any atom is 0.382 e. The number of nitrogens with two attached hydrogens (primary N) is 1. The van der Waals surface area contributed by atoms with Gasteiger partial charge in [-0.15, -0.1) is 4.73 Å². The summed E-state index contributed by atoms with van der Waals surface area (Å²) in [5.41, 5.74) is 1.27. The number of hydrogen-bond donors (Lipinski definition) is 1. The van der Waals surface area contributed by atoms with E-state index in [2.05, 4.69) is 4.98 Å². The molecular formula is C10H6N6O8. The van der Waals surface area contributed by atoms with E-state index in [4.69, 9.17) is 10.6 Å². The summed E-state index contributed by atoms with van der Waals surface area (Å²) in [7, 11) is 0. The molecule has 0 saturated carbocycles. The zero-order valence-electron chi connectivity index (χ0n) is 11.4. The number of nitro groups is 3. The lowest BCUT2D eigenvalue weighted by atomic mass is 10.2. The van der Waals surface area contributed by atoms with Crippen LogP contribution in [0, 0.1) is 30.3 Å². The average molecular weight is 338 g/mol. The standard InChI is InChI=1S/C10H6N6O8/c11-8-1-2-12-10(17)13(8)24-9-6(15(20)21)3-5(14(18)19)4-7(9)16(22)23/h1-4H,11H2. The number of nitro benzene ring substituents is 3. The minimum absolute atomic E-state index is 0.279. The fourth-order valence-electron chi connectivity index (χ4n) is 1.65. The van der Waals surface area contributed by atoms with Gasteiger partial charge in [-0.2, -0.15) is 4.98 Å². The van der Waals surface area contributed by atoms with Gasteiger partial charge in [-0.25, -0.2) is 4.79 Å². The predicted molar refractivity (Wildman–Crippen MR) is 75.3 cm³/mol. The van der Waals surface area contributed by atoms with Crippen molar-refractivity contribution in [3.63, 3.8) is 0 Å². The molecule has 0 bridgehead atoms. The summed E-state index contributed by atoms with van der Waals surface area (Å²) in [4.78, 5) is 49.3. The molecule has 0 aliphatic rings. The molecule has 14 nitrogen and oxygen atoms in total. The molecule has 0 saturated heterocycles. The Labute approximate surface area is 130 Å². The molecule has 124 valence electrons. The summed E-state index contributed by atoms with van der Waals surface area (Å²) in [6.07, 6.45) is 1.02. The molecule has 1 aromatic carbocycles. The highest BCUT2D eigenvalue weighted by atomic mass is 16.7. The quantitative estimate of drug-likeness (QED) is 0.587. The first kappa shape index (κ1) is 16.3. The van der Waals surface area contributed by atoms with Crippen molar-refractivity contribution < 1.29 is 19.6 Å². The van der Waals surface area contributed by atoms with E-state index < -0.39 is 43.3 Å². The molecule has 0 unspecified atom stereocenters. The van der Waals surface area contributed by atoms with E-state index in [-0.39, 0.29) is 10.5 Å². The topological polar surface area (TPSA) is 200 Å². The molecular weight excluding hydrogens is 332 g/mol. The molecule has 0 atom stereocenters. The summed E-state index contributed by atoms with van der Waals surface area (Å²) in [5.74, 6) is -1.35. The molecule has 0 aliphatic carbocycles. The second-order valence-electron chi connectivity index (χ2n) is 4.12. The zero-order valence-corrected chi connectivity index (χ0v) is 11.4. The second-order valence-corrected chi connectivity index (χ2v) is 4.12. The second kappa shape index (κ2) is 5.95. The Morgan fingerprint density at radius 1 is 1.04 bits per heavy atom. The van der Waals surface area contributed by atoms with E-state index in [0.29, 0.717) is 12.1 Å². The van der Waals surface area contributed by atoms with Crippen LogP contribution < -0.4 is 16.3 Å². The van der Waals surface area contributed by atoms with E-state index in [1.165, 1.54) is 0 Å². The normalized spacial score (nSPS) is 10.2. The molecule has 1 heterocycles. The Bertz CT molecular complexity index is 887. The number of nitrogens with zero attached hydrogens (tertiary/aromatic N) is 5. The molecule has 0 amide bonds. The molecule has 0 fully saturated rings. The molecule has 0 aliphatic heterocycles. The Kier molecular flexibility index (Phi) is 4.04. The Balaban J connectivity index is 2.76. The molecule has 14 heteroatoms. The average Bonchev–Trinajstić information content (AvgIpc) is 2.50.